The monoisotopic (exact) mass is 420 g/mol. The van der Waals surface area contributed by atoms with Crippen LogP contribution in [0, 0.1) is 27.7 Å². The molecule has 29 heavy (non-hydrogen) atoms. The molecule has 0 atom stereocenters. The van der Waals surface area contributed by atoms with Gasteiger partial charge in [-0.15, -0.1) is 0 Å². The summed E-state index contributed by atoms with van der Waals surface area (Å²) in [6, 6.07) is 20.5. The zero-order valence-electron chi connectivity index (χ0n) is 16.9. The van der Waals surface area contributed by atoms with Crippen LogP contribution in [-0.4, -0.2) is 9.78 Å². The highest BCUT2D eigenvalue weighted by atomic mass is 35.5. The molecule has 0 radical (unpaired) electrons. The number of halogens is 2. The molecule has 0 aliphatic rings. The summed E-state index contributed by atoms with van der Waals surface area (Å²) >= 11 is 12.8. The first-order valence-corrected chi connectivity index (χ1v) is 10.3. The summed E-state index contributed by atoms with van der Waals surface area (Å²) in [5.41, 5.74) is 9.75. The number of benzene rings is 3. The van der Waals surface area contributed by atoms with E-state index in [0.29, 0.717) is 10.0 Å². The second kappa shape index (κ2) is 7.70. The molecule has 2 nitrogen and oxygen atoms in total. The Morgan fingerprint density at radius 2 is 1.31 bits per heavy atom. The third-order valence-corrected chi connectivity index (χ3v) is 5.72. The highest BCUT2D eigenvalue weighted by molar-refractivity contribution is 6.34. The van der Waals surface area contributed by atoms with Gasteiger partial charge < -0.3 is 0 Å². The third kappa shape index (κ3) is 3.83. The molecule has 4 heteroatoms. The molecule has 3 aromatic carbocycles. The van der Waals surface area contributed by atoms with E-state index in [-0.39, 0.29) is 0 Å². The van der Waals surface area contributed by atoms with E-state index in [4.69, 9.17) is 28.3 Å². The molecule has 0 unspecified atom stereocenters. The smallest absolute Gasteiger partial charge is 0.0936 e. The highest BCUT2D eigenvalue weighted by Crippen LogP contribution is 2.35. The van der Waals surface area contributed by atoms with Crippen LogP contribution in [0.3, 0.4) is 0 Å². The van der Waals surface area contributed by atoms with E-state index in [1.54, 1.807) is 6.07 Å². The van der Waals surface area contributed by atoms with Crippen molar-refractivity contribution in [3.63, 3.8) is 0 Å². The fourth-order valence-electron chi connectivity index (χ4n) is 3.74. The van der Waals surface area contributed by atoms with Gasteiger partial charge in [0.1, 0.15) is 0 Å². The summed E-state index contributed by atoms with van der Waals surface area (Å²) in [6.45, 7) is 8.44. The molecule has 1 heterocycles. The Hall–Kier alpha value is -2.55. The van der Waals surface area contributed by atoms with Crippen LogP contribution in [0.2, 0.25) is 10.0 Å². The molecule has 0 aliphatic carbocycles. The van der Waals surface area contributed by atoms with Gasteiger partial charge in [0.05, 0.1) is 22.1 Å². The number of nitrogens with zero attached hydrogens (tertiary/aromatic N) is 2. The normalized spacial score (nSPS) is 11.1. The molecule has 0 spiro atoms. The van der Waals surface area contributed by atoms with Gasteiger partial charge in [-0.2, -0.15) is 5.10 Å². The maximum absolute atomic E-state index is 6.54. The predicted molar refractivity (Wildman–Crippen MR) is 123 cm³/mol. The van der Waals surface area contributed by atoms with E-state index in [0.717, 1.165) is 28.2 Å². The van der Waals surface area contributed by atoms with Crippen molar-refractivity contribution >= 4 is 23.2 Å². The van der Waals surface area contributed by atoms with Gasteiger partial charge in [0.25, 0.3) is 0 Å². The van der Waals surface area contributed by atoms with Gasteiger partial charge in [0, 0.05) is 16.1 Å². The van der Waals surface area contributed by atoms with Gasteiger partial charge in [-0.1, -0.05) is 70.7 Å². The molecule has 0 bridgehead atoms. The summed E-state index contributed by atoms with van der Waals surface area (Å²) in [5, 5.41) is 6.19. The molecule has 0 aliphatic heterocycles. The molecule has 0 amide bonds. The average Bonchev–Trinajstić information content (AvgIpc) is 3.08. The molecule has 4 aromatic rings. The van der Waals surface area contributed by atoms with Crippen molar-refractivity contribution in [1.82, 2.24) is 9.78 Å². The molecule has 1 aromatic heterocycles. The van der Waals surface area contributed by atoms with E-state index >= 15 is 0 Å². The lowest BCUT2D eigenvalue weighted by Gasteiger charge is -2.12. The van der Waals surface area contributed by atoms with Gasteiger partial charge in [0.15, 0.2) is 0 Å². The molecule has 146 valence electrons. The molecule has 0 saturated heterocycles. The molecular formula is C25H22Cl2N2. The van der Waals surface area contributed by atoms with Crippen LogP contribution < -0.4 is 0 Å². The van der Waals surface area contributed by atoms with E-state index in [1.165, 1.54) is 22.3 Å². The Balaban J connectivity index is 2.00. The topological polar surface area (TPSA) is 17.8 Å². The summed E-state index contributed by atoms with van der Waals surface area (Å²) in [7, 11) is 0. The zero-order valence-corrected chi connectivity index (χ0v) is 18.4. The lowest BCUT2D eigenvalue weighted by Crippen LogP contribution is -2.01. The second-order valence-corrected chi connectivity index (χ2v) is 8.40. The Morgan fingerprint density at radius 3 is 1.93 bits per heavy atom. The third-order valence-electron chi connectivity index (χ3n) is 5.16. The quantitative estimate of drug-likeness (QED) is 0.331. The van der Waals surface area contributed by atoms with Crippen molar-refractivity contribution in [2.75, 3.05) is 0 Å². The van der Waals surface area contributed by atoms with E-state index in [9.17, 15) is 0 Å². The van der Waals surface area contributed by atoms with Gasteiger partial charge in [-0.25, -0.2) is 4.68 Å². The van der Waals surface area contributed by atoms with Crippen molar-refractivity contribution < 1.29 is 0 Å². The minimum absolute atomic E-state index is 0.607. The number of aromatic nitrogens is 2. The van der Waals surface area contributed by atoms with Gasteiger partial charge in [-0.05, 0) is 63.1 Å². The maximum Gasteiger partial charge on any atom is 0.0936 e. The van der Waals surface area contributed by atoms with Crippen LogP contribution in [-0.2, 0) is 0 Å². The van der Waals surface area contributed by atoms with Crippen molar-refractivity contribution in [3.05, 3.63) is 93.0 Å². The number of hydrogen-bond acceptors (Lipinski definition) is 1. The Bertz CT molecular complexity index is 1220. The van der Waals surface area contributed by atoms with E-state index < -0.39 is 0 Å². The first kappa shape index (κ1) is 19.8. The minimum Gasteiger partial charge on any atom is -0.231 e. The van der Waals surface area contributed by atoms with Crippen LogP contribution in [0.4, 0.5) is 0 Å². The Morgan fingerprint density at radius 1 is 0.690 bits per heavy atom. The largest absolute Gasteiger partial charge is 0.231 e. The maximum atomic E-state index is 6.54. The number of aryl methyl sites for hydroxylation is 4. The lowest BCUT2D eigenvalue weighted by atomic mass is 10.00. The van der Waals surface area contributed by atoms with Gasteiger partial charge >= 0.3 is 0 Å². The van der Waals surface area contributed by atoms with Gasteiger partial charge in [-0.3, -0.25) is 0 Å². The van der Waals surface area contributed by atoms with E-state index in [1.807, 2.05) is 16.8 Å². The molecule has 4 rings (SSSR count). The second-order valence-electron chi connectivity index (χ2n) is 7.56. The molecular weight excluding hydrogens is 399 g/mol. The predicted octanol–water partition coefficient (Wildman–Crippen LogP) is 7.75. The summed E-state index contributed by atoms with van der Waals surface area (Å²) < 4.78 is 1.90. The molecule has 0 saturated carbocycles. The highest BCUT2D eigenvalue weighted by Gasteiger charge is 2.18. The Kier molecular flexibility index (Phi) is 5.24. The van der Waals surface area contributed by atoms with Crippen LogP contribution >= 0.6 is 23.2 Å². The lowest BCUT2D eigenvalue weighted by molar-refractivity contribution is 0.890. The van der Waals surface area contributed by atoms with Crippen LogP contribution in [0.25, 0.3) is 28.2 Å². The standard InChI is InChI=1S/C25H22Cl2N2/c1-15-5-8-20(17(3)11-15)23-14-24(21-9-6-16(2)12-18(21)4)29(28-23)25-13-19(26)7-10-22(25)27/h5-14H,1-4H3. The van der Waals surface area contributed by atoms with Crippen LogP contribution in [0.5, 0.6) is 0 Å². The zero-order chi connectivity index (χ0) is 20.7. The summed E-state index contributed by atoms with van der Waals surface area (Å²) in [5.74, 6) is 0. The van der Waals surface area contributed by atoms with Crippen molar-refractivity contribution in [2.24, 2.45) is 0 Å². The van der Waals surface area contributed by atoms with Crippen LogP contribution in [0.1, 0.15) is 22.3 Å². The molecule has 0 N–H and O–H groups in total. The fourth-order valence-corrected chi connectivity index (χ4v) is 4.10. The first-order valence-electron chi connectivity index (χ1n) is 9.54. The summed E-state index contributed by atoms with van der Waals surface area (Å²) in [6.07, 6.45) is 0. The van der Waals surface area contributed by atoms with Gasteiger partial charge in [0.2, 0.25) is 0 Å². The molecule has 0 fully saturated rings. The van der Waals surface area contributed by atoms with Crippen molar-refractivity contribution in [1.29, 1.82) is 0 Å². The minimum atomic E-state index is 0.607. The average molecular weight is 421 g/mol. The van der Waals surface area contributed by atoms with Crippen molar-refractivity contribution in [2.45, 2.75) is 27.7 Å². The summed E-state index contributed by atoms with van der Waals surface area (Å²) in [4.78, 5) is 0. The number of rotatable bonds is 3. The number of hydrogen-bond donors (Lipinski definition) is 0. The van der Waals surface area contributed by atoms with Crippen LogP contribution in [0.15, 0.2) is 60.7 Å². The Labute approximate surface area is 181 Å². The SMILES string of the molecule is Cc1ccc(-c2cc(-c3ccc(C)cc3C)n(-c3cc(Cl)ccc3Cl)n2)c(C)c1. The fraction of sp³-hybridized carbons (Fsp3) is 0.160. The first-order chi connectivity index (χ1) is 13.8. The van der Waals surface area contributed by atoms with E-state index in [2.05, 4.69) is 70.2 Å². The van der Waals surface area contributed by atoms with Crippen molar-refractivity contribution in [3.8, 4) is 28.2 Å².